The molecular weight excluding hydrogens is 276 g/mol. The third-order valence-electron chi connectivity index (χ3n) is 3.71. The SMILES string of the molecule is COC(=O)c1ccc(-n2cc(C#N)c3ccccc32)c(C)c1. The van der Waals surface area contributed by atoms with Gasteiger partial charge < -0.3 is 9.30 Å². The summed E-state index contributed by atoms with van der Waals surface area (Å²) in [6.45, 7) is 1.93. The molecule has 108 valence electrons. The standard InChI is InChI=1S/C18H14N2O2/c1-12-9-13(18(21)22-2)7-8-16(12)20-11-14(10-19)15-5-3-4-6-17(15)20/h3-9,11H,1-2H3. The van der Waals surface area contributed by atoms with Crippen molar-refractivity contribution < 1.29 is 9.53 Å². The highest BCUT2D eigenvalue weighted by Crippen LogP contribution is 2.26. The van der Waals surface area contributed by atoms with Crippen molar-refractivity contribution in [3.8, 4) is 11.8 Å². The lowest BCUT2D eigenvalue weighted by atomic mass is 10.1. The predicted molar refractivity (Wildman–Crippen MR) is 84.1 cm³/mol. The number of esters is 1. The molecule has 1 aromatic heterocycles. The zero-order valence-corrected chi connectivity index (χ0v) is 12.3. The van der Waals surface area contributed by atoms with E-state index < -0.39 is 0 Å². The number of methoxy groups -OCH3 is 1. The van der Waals surface area contributed by atoms with Gasteiger partial charge in [0.2, 0.25) is 0 Å². The summed E-state index contributed by atoms with van der Waals surface area (Å²) in [5, 5.41) is 10.2. The van der Waals surface area contributed by atoms with Gasteiger partial charge >= 0.3 is 5.97 Å². The van der Waals surface area contributed by atoms with Crippen LogP contribution in [0.5, 0.6) is 0 Å². The lowest BCUT2D eigenvalue weighted by Gasteiger charge is -2.10. The minimum Gasteiger partial charge on any atom is -0.465 e. The molecular formula is C18H14N2O2. The number of carbonyl (C=O) groups excluding carboxylic acids is 1. The molecule has 0 saturated heterocycles. The second-order valence-corrected chi connectivity index (χ2v) is 5.03. The molecule has 0 amide bonds. The van der Waals surface area contributed by atoms with Gasteiger partial charge in [0.25, 0.3) is 0 Å². The lowest BCUT2D eigenvalue weighted by Crippen LogP contribution is -2.03. The molecule has 0 spiro atoms. The van der Waals surface area contributed by atoms with Crippen LogP contribution in [0, 0.1) is 18.3 Å². The molecule has 0 fully saturated rings. The number of para-hydroxylation sites is 1. The van der Waals surface area contributed by atoms with Crippen LogP contribution in [0.2, 0.25) is 0 Å². The van der Waals surface area contributed by atoms with E-state index in [1.54, 1.807) is 12.1 Å². The lowest BCUT2D eigenvalue weighted by molar-refractivity contribution is 0.0600. The zero-order valence-electron chi connectivity index (χ0n) is 12.3. The van der Waals surface area contributed by atoms with Crippen LogP contribution >= 0.6 is 0 Å². The molecule has 0 bridgehead atoms. The zero-order chi connectivity index (χ0) is 15.7. The average molecular weight is 290 g/mol. The van der Waals surface area contributed by atoms with Crippen molar-refractivity contribution in [2.24, 2.45) is 0 Å². The van der Waals surface area contributed by atoms with E-state index in [0.29, 0.717) is 11.1 Å². The van der Waals surface area contributed by atoms with E-state index in [1.807, 2.05) is 48.0 Å². The molecule has 4 nitrogen and oxygen atoms in total. The monoisotopic (exact) mass is 290 g/mol. The fraction of sp³-hybridized carbons (Fsp3) is 0.111. The molecule has 1 heterocycles. The number of aromatic nitrogens is 1. The molecule has 0 N–H and O–H groups in total. The van der Waals surface area contributed by atoms with E-state index in [9.17, 15) is 10.1 Å². The molecule has 0 unspecified atom stereocenters. The highest BCUT2D eigenvalue weighted by Gasteiger charge is 2.12. The van der Waals surface area contributed by atoms with Crippen LogP contribution in [0.25, 0.3) is 16.6 Å². The van der Waals surface area contributed by atoms with Crippen molar-refractivity contribution in [3.05, 3.63) is 65.4 Å². The molecule has 4 heteroatoms. The summed E-state index contributed by atoms with van der Waals surface area (Å²) in [5.41, 5.74) is 3.99. The third kappa shape index (κ3) is 2.13. The summed E-state index contributed by atoms with van der Waals surface area (Å²) in [6, 6.07) is 15.4. The van der Waals surface area contributed by atoms with Crippen molar-refractivity contribution >= 4 is 16.9 Å². The van der Waals surface area contributed by atoms with E-state index in [4.69, 9.17) is 4.74 Å². The minimum absolute atomic E-state index is 0.357. The number of nitriles is 1. The molecule has 22 heavy (non-hydrogen) atoms. The number of aryl methyl sites for hydroxylation is 1. The van der Waals surface area contributed by atoms with Gasteiger partial charge in [-0.25, -0.2) is 4.79 Å². The first kappa shape index (κ1) is 13.9. The Kier molecular flexibility index (Phi) is 3.40. The Balaban J connectivity index is 2.20. The molecule has 0 atom stereocenters. The highest BCUT2D eigenvalue weighted by molar-refractivity contribution is 5.91. The van der Waals surface area contributed by atoms with Crippen molar-refractivity contribution in [1.82, 2.24) is 4.57 Å². The summed E-state index contributed by atoms with van der Waals surface area (Å²) in [6.07, 6.45) is 1.82. The van der Waals surface area contributed by atoms with Gasteiger partial charge in [0.05, 0.1) is 23.8 Å². The second kappa shape index (κ2) is 5.38. The van der Waals surface area contributed by atoms with Crippen molar-refractivity contribution in [2.75, 3.05) is 7.11 Å². The van der Waals surface area contributed by atoms with E-state index in [1.165, 1.54) is 7.11 Å². The van der Waals surface area contributed by atoms with E-state index in [-0.39, 0.29) is 5.97 Å². The predicted octanol–water partition coefficient (Wildman–Crippen LogP) is 3.60. The number of fused-ring (bicyclic) bond motifs is 1. The second-order valence-electron chi connectivity index (χ2n) is 5.03. The highest BCUT2D eigenvalue weighted by atomic mass is 16.5. The third-order valence-corrected chi connectivity index (χ3v) is 3.71. The topological polar surface area (TPSA) is 55.0 Å². The number of nitrogens with zero attached hydrogens (tertiary/aromatic N) is 2. The molecule has 0 aliphatic carbocycles. The van der Waals surface area contributed by atoms with Crippen LogP contribution in [0.15, 0.2) is 48.7 Å². The Labute approximate surface area is 128 Å². The Morgan fingerprint density at radius 3 is 2.68 bits per heavy atom. The maximum atomic E-state index is 11.6. The molecule has 0 aliphatic rings. The van der Waals surface area contributed by atoms with Crippen LogP contribution in [0.4, 0.5) is 0 Å². The molecule has 3 aromatic rings. The average Bonchev–Trinajstić information content (AvgIpc) is 2.92. The van der Waals surface area contributed by atoms with Crippen LogP contribution in [0.3, 0.4) is 0 Å². The van der Waals surface area contributed by atoms with Crippen LogP contribution in [-0.2, 0) is 4.74 Å². The Bertz CT molecular complexity index is 916. The summed E-state index contributed by atoms with van der Waals surface area (Å²) in [5.74, 6) is -0.357. The summed E-state index contributed by atoms with van der Waals surface area (Å²) < 4.78 is 6.72. The smallest absolute Gasteiger partial charge is 0.337 e. The number of hydrogen-bond acceptors (Lipinski definition) is 3. The van der Waals surface area contributed by atoms with Crippen molar-refractivity contribution in [3.63, 3.8) is 0 Å². The van der Waals surface area contributed by atoms with Crippen LogP contribution in [-0.4, -0.2) is 17.6 Å². The maximum absolute atomic E-state index is 11.6. The number of carbonyl (C=O) groups is 1. The van der Waals surface area contributed by atoms with Crippen LogP contribution in [0.1, 0.15) is 21.5 Å². The number of ether oxygens (including phenoxy) is 1. The molecule has 0 saturated carbocycles. The number of hydrogen-bond donors (Lipinski definition) is 0. The van der Waals surface area contributed by atoms with Gasteiger partial charge in [0.15, 0.2) is 0 Å². The first-order valence-electron chi connectivity index (χ1n) is 6.85. The van der Waals surface area contributed by atoms with E-state index in [2.05, 4.69) is 6.07 Å². The normalized spacial score (nSPS) is 10.4. The Morgan fingerprint density at radius 2 is 2.00 bits per heavy atom. The first-order chi connectivity index (χ1) is 10.7. The quantitative estimate of drug-likeness (QED) is 0.678. The number of rotatable bonds is 2. The van der Waals surface area contributed by atoms with Crippen LogP contribution < -0.4 is 0 Å². The van der Waals surface area contributed by atoms with Gasteiger partial charge in [-0.2, -0.15) is 5.26 Å². The van der Waals surface area contributed by atoms with Crippen molar-refractivity contribution in [2.45, 2.75) is 6.92 Å². The van der Waals surface area contributed by atoms with Gasteiger partial charge in [-0.05, 0) is 36.8 Å². The molecule has 3 rings (SSSR count). The largest absolute Gasteiger partial charge is 0.465 e. The van der Waals surface area contributed by atoms with Gasteiger partial charge in [-0.1, -0.05) is 18.2 Å². The summed E-state index contributed by atoms with van der Waals surface area (Å²) >= 11 is 0. The Morgan fingerprint density at radius 1 is 1.23 bits per heavy atom. The van der Waals surface area contributed by atoms with Crippen molar-refractivity contribution in [1.29, 1.82) is 5.26 Å². The van der Waals surface area contributed by atoms with E-state index >= 15 is 0 Å². The van der Waals surface area contributed by atoms with Gasteiger partial charge in [0, 0.05) is 17.3 Å². The summed E-state index contributed by atoms with van der Waals surface area (Å²) in [7, 11) is 1.37. The number of benzene rings is 2. The minimum atomic E-state index is -0.357. The first-order valence-corrected chi connectivity index (χ1v) is 6.85. The van der Waals surface area contributed by atoms with E-state index in [0.717, 1.165) is 22.2 Å². The maximum Gasteiger partial charge on any atom is 0.337 e. The Hall–Kier alpha value is -3.06. The van der Waals surface area contributed by atoms with Gasteiger partial charge in [0.1, 0.15) is 6.07 Å². The summed E-state index contributed by atoms with van der Waals surface area (Å²) in [4.78, 5) is 11.6. The van der Waals surface area contributed by atoms with Gasteiger partial charge in [-0.3, -0.25) is 0 Å². The fourth-order valence-corrected chi connectivity index (χ4v) is 2.64. The molecule has 0 aliphatic heterocycles. The molecule has 0 radical (unpaired) electrons. The molecule has 2 aromatic carbocycles. The fourth-order valence-electron chi connectivity index (χ4n) is 2.64. The van der Waals surface area contributed by atoms with Gasteiger partial charge in [-0.15, -0.1) is 0 Å².